The number of hydrogen-bond donors (Lipinski definition) is 2. The molecule has 16 heavy (non-hydrogen) atoms. The van der Waals surface area contributed by atoms with Crippen LogP contribution >= 0.6 is 0 Å². The third-order valence-electron chi connectivity index (χ3n) is 2.93. The molecule has 1 heterocycles. The number of pyridine rings is 1. The van der Waals surface area contributed by atoms with Crippen molar-refractivity contribution in [3.05, 3.63) is 23.9 Å². The summed E-state index contributed by atoms with van der Waals surface area (Å²) in [6.07, 6.45) is 6.29. The lowest BCUT2D eigenvalue weighted by Gasteiger charge is -2.13. The first kappa shape index (κ1) is 10.9. The van der Waals surface area contributed by atoms with Crippen LogP contribution in [0.15, 0.2) is 18.3 Å². The van der Waals surface area contributed by atoms with Gasteiger partial charge in [0.25, 0.3) is 0 Å². The number of amides is 2. The van der Waals surface area contributed by atoms with Crippen LogP contribution in [0.4, 0.5) is 10.6 Å². The molecular weight excluding hydrogens is 202 g/mol. The molecular formula is C12H17N3O. The predicted molar refractivity (Wildman–Crippen MR) is 63.4 cm³/mol. The molecule has 1 fully saturated rings. The van der Waals surface area contributed by atoms with E-state index in [4.69, 9.17) is 0 Å². The number of aromatic nitrogens is 1. The highest BCUT2D eigenvalue weighted by molar-refractivity contribution is 5.89. The Hall–Kier alpha value is -1.58. The summed E-state index contributed by atoms with van der Waals surface area (Å²) in [5.41, 5.74) is 0.976. The van der Waals surface area contributed by atoms with Crippen LogP contribution in [0.1, 0.15) is 31.2 Å². The number of carbonyl (C=O) groups excluding carboxylic acids is 1. The molecule has 1 aliphatic rings. The lowest BCUT2D eigenvalue weighted by molar-refractivity contribution is 0.248. The van der Waals surface area contributed by atoms with Crippen molar-refractivity contribution in [1.29, 1.82) is 0 Å². The molecule has 2 rings (SSSR count). The molecule has 0 spiro atoms. The molecule has 0 aliphatic heterocycles. The standard InChI is InChI=1S/C12H17N3O/c1-9-5-4-8-13-11(9)15-12(16)14-10-6-2-3-7-10/h4-5,8,10H,2-3,6-7H2,1H3,(H2,13,14,15,16). The van der Waals surface area contributed by atoms with Crippen LogP contribution < -0.4 is 10.6 Å². The first-order valence-corrected chi connectivity index (χ1v) is 5.75. The number of urea groups is 1. The van der Waals surface area contributed by atoms with Gasteiger partial charge in [-0.25, -0.2) is 9.78 Å². The predicted octanol–water partition coefficient (Wildman–Crippen LogP) is 2.45. The normalized spacial score (nSPS) is 16.1. The van der Waals surface area contributed by atoms with Crippen LogP contribution in [0.3, 0.4) is 0 Å². The number of carbonyl (C=O) groups is 1. The second kappa shape index (κ2) is 4.96. The summed E-state index contributed by atoms with van der Waals surface area (Å²) >= 11 is 0. The van der Waals surface area contributed by atoms with Crippen molar-refractivity contribution >= 4 is 11.8 Å². The van der Waals surface area contributed by atoms with Crippen LogP contribution in [-0.2, 0) is 0 Å². The van der Waals surface area contributed by atoms with Gasteiger partial charge in [0.15, 0.2) is 0 Å². The molecule has 4 nitrogen and oxygen atoms in total. The maximum Gasteiger partial charge on any atom is 0.320 e. The van der Waals surface area contributed by atoms with E-state index in [9.17, 15) is 4.79 Å². The van der Waals surface area contributed by atoms with Crippen LogP contribution in [0.2, 0.25) is 0 Å². The maximum absolute atomic E-state index is 11.7. The summed E-state index contributed by atoms with van der Waals surface area (Å²) in [4.78, 5) is 15.8. The second-order valence-corrected chi connectivity index (χ2v) is 4.25. The highest BCUT2D eigenvalue weighted by atomic mass is 16.2. The van der Waals surface area contributed by atoms with Crippen LogP contribution in [0.25, 0.3) is 0 Å². The van der Waals surface area contributed by atoms with Crippen LogP contribution in [0, 0.1) is 6.92 Å². The van der Waals surface area contributed by atoms with E-state index in [1.807, 2.05) is 19.1 Å². The Morgan fingerprint density at radius 2 is 2.19 bits per heavy atom. The van der Waals surface area contributed by atoms with Gasteiger partial charge in [0.05, 0.1) is 0 Å². The summed E-state index contributed by atoms with van der Waals surface area (Å²) in [5.74, 6) is 0.637. The van der Waals surface area contributed by atoms with Crippen molar-refractivity contribution in [3.63, 3.8) is 0 Å². The second-order valence-electron chi connectivity index (χ2n) is 4.25. The molecule has 0 aromatic carbocycles. The monoisotopic (exact) mass is 219 g/mol. The van der Waals surface area contributed by atoms with Crippen LogP contribution in [-0.4, -0.2) is 17.1 Å². The van der Waals surface area contributed by atoms with Gasteiger partial charge in [0, 0.05) is 12.2 Å². The fraction of sp³-hybridized carbons (Fsp3) is 0.500. The van der Waals surface area contributed by atoms with Crippen LogP contribution in [0.5, 0.6) is 0 Å². The highest BCUT2D eigenvalue weighted by Crippen LogP contribution is 2.17. The van der Waals surface area contributed by atoms with Crippen molar-refractivity contribution in [2.24, 2.45) is 0 Å². The van der Waals surface area contributed by atoms with E-state index in [1.165, 1.54) is 12.8 Å². The number of anilines is 1. The summed E-state index contributed by atoms with van der Waals surface area (Å²) in [7, 11) is 0. The van der Waals surface area contributed by atoms with Crippen molar-refractivity contribution in [3.8, 4) is 0 Å². The minimum Gasteiger partial charge on any atom is -0.335 e. The molecule has 1 aromatic heterocycles. The third kappa shape index (κ3) is 2.72. The van der Waals surface area contributed by atoms with Gasteiger partial charge in [-0.2, -0.15) is 0 Å². The zero-order valence-electron chi connectivity index (χ0n) is 9.49. The van der Waals surface area contributed by atoms with E-state index in [-0.39, 0.29) is 6.03 Å². The van der Waals surface area contributed by atoms with E-state index in [1.54, 1.807) is 6.20 Å². The Kier molecular flexibility index (Phi) is 3.39. The lowest BCUT2D eigenvalue weighted by atomic mass is 10.2. The Bertz CT molecular complexity index is 372. The molecule has 2 N–H and O–H groups in total. The van der Waals surface area contributed by atoms with Crippen molar-refractivity contribution in [1.82, 2.24) is 10.3 Å². The minimum absolute atomic E-state index is 0.145. The van der Waals surface area contributed by atoms with E-state index in [2.05, 4.69) is 15.6 Å². The Morgan fingerprint density at radius 3 is 2.88 bits per heavy atom. The molecule has 0 radical (unpaired) electrons. The number of nitrogens with one attached hydrogen (secondary N) is 2. The van der Waals surface area contributed by atoms with Gasteiger partial charge >= 0.3 is 6.03 Å². The van der Waals surface area contributed by atoms with Gasteiger partial charge in [-0.05, 0) is 31.4 Å². The summed E-state index contributed by atoms with van der Waals surface area (Å²) < 4.78 is 0. The molecule has 1 aromatic rings. The van der Waals surface area contributed by atoms with Crippen molar-refractivity contribution < 1.29 is 4.79 Å². The average molecular weight is 219 g/mol. The third-order valence-corrected chi connectivity index (χ3v) is 2.93. The lowest BCUT2D eigenvalue weighted by Crippen LogP contribution is -2.36. The molecule has 0 bridgehead atoms. The van der Waals surface area contributed by atoms with Gasteiger partial charge in [-0.1, -0.05) is 18.9 Å². The quantitative estimate of drug-likeness (QED) is 0.802. The maximum atomic E-state index is 11.7. The summed E-state index contributed by atoms with van der Waals surface area (Å²) in [5, 5.41) is 5.74. The van der Waals surface area contributed by atoms with Gasteiger partial charge < -0.3 is 5.32 Å². The largest absolute Gasteiger partial charge is 0.335 e. The number of aryl methyl sites for hydroxylation is 1. The fourth-order valence-corrected chi connectivity index (χ4v) is 2.02. The average Bonchev–Trinajstić information content (AvgIpc) is 2.74. The van der Waals surface area contributed by atoms with E-state index >= 15 is 0 Å². The summed E-state index contributed by atoms with van der Waals surface area (Å²) in [6, 6.07) is 3.98. The smallest absolute Gasteiger partial charge is 0.320 e. The zero-order valence-corrected chi connectivity index (χ0v) is 9.49. The van der Waals surface area contributed by atoms with Crippen molar-refractivity contribution in [2.75, 3.05) is 5.32 Å². The van der Waals surface area contributed by atoms with Gasteiger partial charge in [-0.15, -0.1) is 0 Å². The molecule has 1 aliphatic carbocycles. The zero-order chi connectivity index (χ0) is 11.4. The minimum atomic E-state index is -0.145. The highest BCUT2D eigenvalue weighted by Gasteiger charge is 2.17. The van der Waals surface area contributed by atoms with Gasteiger partial charge in [0.2, 0.25) is 0 Å². The topological polar surface area (TPSA) is 54.0 Å². The first-order valence-electron chi connectivity index (χ1n) is 5.75. The molecule has 0 atom stereocenters. The van der Waals surface area contributed by atoms with Gasteiger partial charge in [-0.3, -0.25) is 5.32 Å². The molecule has 86 valence electrons. The van der Waals surface area contributed by atoms with E-state index in [0.29, 0.717) is 11.9 Å². The number of rotatable bonds is 2. The molecule has 4 heteroatoms. The molecule has 1 saturated carbocycles. The SMILES string of the molecule is Cc1cccnc1NC(=O)NC1CCCC1. The fourth-order valence-electron chi connectivity index (χ4n) is 2.02. The Morgan fingerprint density at radius 1 is 1.44 bits per heavy atom. The van der Waals surface area contributed by atoms with E-state index in [0.717, 1.165) is 18.4 Å². The molecule has 0 saturated heterocycles. The Labute approximate surface area is 95.5 Å². The molecule has 0 unspecified atom stereocenters. The molecule has 2 amide bonds. The van der Waals surface area contributed by atoms with Gasteiger partial charge in [0.1, 0.15) is 5.82 Å². The van der Waals surface area contributed by atoms with E-state index < -0.39 is 0 Å². The number of hydrogen-bond acceptors (Lipinski definition) is 2. The van der Waals surface area contributed by atoms with Crippen molar-refractivity contribution in [2.45, 2.75) is 38.6 Å². The Balaban J connectivity index is 1.89. The number of nitrogens with zero attached hydrogens (tertiary/aromatic N) is 1. The first-order chi connectivity index (χ1) is 7.75. The summed E-state index contributed by atoms with van der Waals surface area (Å²) in [6.45, 7) is 1.93.